The summed E-state index contributed by atoms with van der Waals surface area (Å²) >= 11 is 0. The van der Waals surface area contributed by atoms with Gasteiger partial charge in [0.05, 0.1) is 26.9 Å². The van der Waals surface area contributed by atoms with E-state index in [1.54, 1.807) is 36.1 Å². The van der Waals surface area contributed by atoms with Crippen LogP contribution in [-0.2, 0) is 14.3 Å². The van der Waals surface area contributed by atoms with Crippen LogP contribution in [0.4, 0.5) is 5.69 Å². The molecule has 1 atom stereocenters. The number of carbonyl (C=O) groups excluding carboxylic acids is 2. The van der Waals surface area contributed by atoms with E-state index in [9.17, 15) is 9.59 Å². The third kappa shape index (κ3) is 5.56. The first-order valence-electron chi connectivity index (χ1n) is 9.64. The van der Waals surface area contributed by atoms with Crippen LogP contribution in [0, 0.1) is 0 Å². The van der Waals surface area contributed by atoms with Gasteiger partial charge in [-0.2, -0.15) is 0 Å². The fourth-order valence-corrected chi connectivity index (χ4v) is 3.40. The number of benzene rings is 2. The van der Waals surface area contributed by atoms with Gasteiger partial charge in [-0.15, -0.1) is 0 Å². The number of methoxy groups -OCH3 is 1. The number of likely N-dealkylation sites (N-methyl/N-ethyl adjacent to an activating group) is 1. The van der Waals surface area contributed by atoms with E-state index < -0.39 is 6.04 Å². The minimum absolute atomic E-state index is 0.0174. The van der Waals surface area contributed by atoms with Crippen LogP contribution in [-0.4, -0.2) is 68.6 Å². The predicted molar refractivity (Wildman–Crippen MR) is 111 cm³/mol. The van der Waals surface area contributed by atoms with E-state index in [1.807, 2.05) is 42.5 Å². The van der Waals surface area contributed by atoms with Gasteiger partial charge in [-0.05, 0) is 24.7 Å². The maximum absolute atomic E-state index is 13.2. The first-order chi connectivity index (χ1) is 14.1. The lowest BCUT2D eigenvalue weighted by atomic mass is 10.0. The molecular weight excluding hydrogens is 370 g/mol. The highest BCUT2D eigenvalue weighted by atomic mass is 16.5. The fourth-order valence-electron chi connectivity index (χ4n) is 3.40. The molecule has 2 amide bonds. The summed E-state index contributed by atoms with van der Waals surface area (Å²) in [6, 6.07) is 16.2. The lowest BCUT2D eigenvalue weighted by molar-refractivity contribution is -0.141. The molecule has 1 unspecified atom stereocenters. The van der Waals surface area contributed by atoms with Gasteiger partial charge in [0.2, 0.25) is 11.8 Å². The lowest BCUT2D eigenvalue weighted by Gasteiger charge is -2.34. The fraction of sp³-hybridized carbons (Fsp3) is 0.364. The number of carbonyl (C=O) groups is 2. The summed E-state index contributed by atoms with van der Waals surface area (Å²) in [5.74, 6) is 0.452. The van der Waals surface area contributed by atoms with Gasteiger partial charge >= 0.3 is 0 Å². The zero-order chi connectivity index (χ0) is 20.6. The summed E-state index contributed by atoms with van der Waals surface area (Å²) in [6.45, 7) is 2.27. The smallest absolute Gasteiger partial charge is 0.244 e. The van der Waals surface area contributed by atoms with Crippen LogP contribution in [0.1, 0.15) is 11.6 Å². The van der Waals surface area contributed by atoms with Crippen molar-refractivity contribution in [2.75, 3.05) is 52.3 Å². The van der Waals surface area contributed by atoms with E-state index in [0.717, 1.165) is 5.56 Å². The third-order valence-corrected chi connectivity index (χ3v) is 4.86. The minimum Gasteiger partial charge on any atom is -0.497 e. The molecule has 0 saturated carbocycles. The zero-order valence-electron chi connectivity index (χ0n) is 16.8. The van der Waals surface area contributed by atoms with E-state index in [-0.39, 0.29) is 18.4 Å². The molecule has 0 spiro atoms. The molecule has 1 heterocycles. The molecule has 1 aliphatic heterocycles. The Morgan fingerprint density at radius 1 is 1.14 bits per heavy atom. The predicted octanol–water partition coefficient (Wildman–Crippen LogP) is 2.17. The minimum atomic E-state index is -0.537. The Balaban J connectivity index is 1.72. The second-order valence-corrected chi connectivity index (χ2v) is 6.95. The summed E-state index contributed by atoms with van der Waals surface area (Å²) in [5, 5.41) is 2.87. The molecule has 0 radical (unpaired) electrons. The Kier molecular flexibility index (Phi) is 7.21. The molecule has 1 N–H and O–H groups in total. The van der Waals surface area contributed by atoms with Crippen molar-refractivity contribution in [1.82, 2.24) is 9.80 Å². The molecule has 0 bridgehead atoms. The molecule has 0 aromatic heterocycles. The molecule has 7 heteroatoms. The molecule has 3 rings (SSSR count). The SMILES string of the molecule is COc1cccc(NC(=O)CN(C)C(C(=O)N2CCOCC2)c2ccccc2)c1. The normalized spacial score (nSPS) is 15.1. The Hall–Kier alpha value is -2.90. The highest BCUT2D eigenvalue weighted by molar-refractivity contribution is 5.93. The van der Waals surface area contributed by atoms with Gasteiger partial charge in [0, 0.05) is 24.8 Å². The molecule has 2 aromatic rings. The molecule has 0 aliphatic carbocycles. The number of hydrogen-bond acceptors (Lipinski definition) is 5. The topological polar surface area (TPSA) is 71.1 Å². The molecule has 7 nitrogen and oxygen atoms in total. The van der Waals surface area contributed by atoms with Crippen LogP contribution < -0.4 is 10.1 Å². The average Bonchev–Trinajstić information content (AvgIpc) is 2.75. The van der Waals surface area contributed by atoms with Gasteiger partial charge in [0.15, 0.2) is 0 Å². The maximum atomic E-state index is 13.2. The number of hydrogen-bond donors (Lipinski definition) is 1. The van der Waals surface area contributed by atoms with Crippen molar-refractivity contribution in [1.29, 1.82) is 0 Å². The van der Waals surface area contributed by atoms with Gasteiger partial charge in [0.1, 0.15) is 11.8 Å². The first-order valence-corrected chi connectivity index (χ1v) is 9.64. The highest BCUT2D eigenvalue weighted by Crippen LogP contribution is 2.23. The Morgan fingerprint density at radius 2 is 1.86 bits per heavy atom. The summed E-state index contributed by atoms with van der Waals surface area (Å²) in [5.41, 5.74) is 1.51. The van der Waals surface area contributed by atoms with Crippen molar-refractivity contribution in [2.24, 2.45) is 0 Å². The second-order valence-electron chi connectivity index (χ2n) is 6.95. The molecule has 1 fully saturated rings. The standard InChI is InChI=1S/C22H27N3O4/c1-24(16-20(26)23-18-9-6-10-19(15-18)28-2)21(17-7-4-3-5-8-17)22(27)25-11-13-29-14-12-25/h3-10,15,21H,11-14,16H2,1-2H3,(H,23,26). The number of nitrogens with zero attached hydrogens (tertiary/aromatic N) is 2. The summed E-state index contributed by atoms with van der Waals surface area (Å²) < 4.78 is 10.6. The van der Waals surface area contributed by atoms with Crippen LogP contribution >= 0.6 is 0 Å². The highest BCUT2D eigenvalue weighted by Gasteiger charge is 2.31. The molecular formula is C22H27N3O4. The molecule has 154 valence electrons. The second kappa shape index (κ2) is 10.0. The number of amides is 2. The summed E-state index contributed by atoms with van der Waals surface area (Å²) in [7, 11) is 3.37. The maximum Gasteiger partial charge on any atom is 0.244 e. The van der Waals surface area contributed by atoms with Crippen LogP contribution in [0.2, 0.25) is 0 Å². The first kappa shape index (κ1) is 20.8. The molecule has 2 aromatic carbocycles. The Bertz CT molecular complexity index is 822. The van der Waals surface area contributed by atoms with Crippen molar-refractivity contribution < 1.29 is 19.1 Å². The Morgan fingerprint density at radius 3 is 2.55 bits per heavy atom. The van der Waals surface area contributed by atoms with E-state index in [4.69, 9.17) is 9.47 Å². The van der Waals surface area contributed by atoms with Gasteiger partial charge in [-0.25, -0.2) is 0 Å². The quantitative estimate of drug-likeness (QED) is 0.775. The van der Waals surface area contributed by atoms with Gasteiger partial charge in [0.25, 0.3) is 0 Å². The van der Waals surface area contributed by atoms with E-state index in [1.165, 1.54) is 0 Å². The van der Waals surface area contributed by atoms with Gasteiger partial charge in [-0.1, -0.05) is 36.4 Å². The molecule has 1 aliphatic rings. The summed E-state index contributed by atoms with van der Waals surface area (Å²) in [4.78, 5) is 29.4. The van der Waals surface area contributed by atoms with Crippen molar-refractivity contribution in [3.8, 4) is 5.75 Å². The third-order valence-electron chi connectivity index (χ3n) is 4.86. The van der Waals surface area contributed by atoms with E-state index >= 15 is 0 Å². The van der Waals surface area contributed by atoms with Crippen LogP contribution in [0.25, 0.3) is 0 Å². The van der Waals surface area contributed by atoms with Crippen molar-refractivity contribution in [2.45, 2.75) is 6.04 Å². The van der Waals surface area contributed by atoms with Crippen LogP contribution in [0.3, 0.4) is 0 Å². The monoisotopic (exact) mass is 397 g/mol. The zero-order valence-corrected chi connectivity index (χ0v) is 16.8. The van der Waals surface area contributed by atoms with Gasteiger partial charge in [-0.3, -0.25) is 14.5 Å². The number of morpholine rings is 1. The number of rotatable bonds is 7. The number of nitrogens with one attached hydrogen (secondary N) is 1. The largest absolute Gasteiger partial charge is 0.497 e. The van der Waals surface area contributed by atoms with Gasteiger partial charge < -0.3 is 19.7 Å². The number of ether oxygens (including phenoxy) is 2. The van der Waals surface area contributed by atoms with Crippen molar-refractivity contribution >= 4 is 17.5 Å². The lowest BCUT2D eigenvalue weighted by Crippen LogP contribution is -2.47. The van der Waals surface area contributed by atoms with E-state index in [0.29, 0.717) is 37.7 Å². The average molecular weight is 397 g/mol. The molecule has 1 saturated heterocycles. The molecule has 29 heavy (non-hydrogen) atoms. The van der Waals surface area contributed by atoms with Crippen LogP contribution in [0.5, 0.6) is 5.75 Å². The van der Waals surface area contributed by atoms with E-state index in [2.05, 4.69) is 5.32 Å². The number of anilines is 1. The Labute approximate surface area is 171 Å². The summed E-state index contributed by atoms with van der Waals surface area (Å²) in [6.07, 6.45) is 0. The van der Waals surface area contributed by atoms with Crippen molar-refractivity contribution in [3.63, 3.8) is 0 Å². The van der Waals surface area contributed by atoms with Crippen LogP contribution in [0.15, 0.2) is 54.6 Å². The van der Waals surface area contributed by atoms with Crippen molar-refractivity contribution in [3.05, 3.63) is 60.2 Å².